The van der Waals surface area contributed by atoms with E-state index in [1.165, 1.54) is 5.56 Å². The molecule has 2 aromatic carbocycles. The number of hydrogen-bond acceptors (Lipinski definition) is 6. The first-order chi connectivity index (χ1) is 14.0. The molecule has 0 amide bonds. The standard InChI is InChI=1S/C23H28O6/c1-13-4-7-16(8-5-13)23-27-19-12-26-22(17-9-6-14(2)15(3)10-17)29-21(19)20(28-23)18(25)11-24/h4-10,18-25H,11-12H2,1-3H3. The summed E-state index contributed by atoms with van der Waals surface area (Å²) in [4.78, 5) is 0. The molecule has 2 N–H and O–H groups in total. The van der Waals surface area contributed by atoms with Crippen molar-refractivity contribution in [3.05, 3.63) is 70.3 Å². The van der Waals surface area contributed by atoms with Crippen LogP contribution in [0.2, 0.25) is 0 Å². The Morgan fingerprint density at radius 1 is 0.897 bits per heavy atom. The second-order valence-corrected chi connectivity index (χ2v) is 7.88. The summed E-state index contributed by atoms with van der Waals surface area (Å²) in [5.74, 6) is 0. The zero-order valence-electron chi connectivity index (χ0n) is 16.9. The Labute approximate surface area is 171 Å². The summed E-state index contributed by atoms with van der Waals surface area (Å²) in [7, 11) is 0. The highest BCUT2D eigenvalue weighted by Crippen LogP contribution is 2.39. The zero-order valence-corrected chi connectivity index (χ0v) is 16.9. The van der Waals surface area contributed by atoms with E-state index in [0.717, 1.165) is 22.3 Å². The van der Waals surface area contributed by atoms with Crippen LogP contribution in [0, 0.1) is 20.8 Å². The van der Waals surface area contributed by atoms with Gasteiger partial charge in [-0.1, -0.05) is 48.0 Å². The normalized spacial score (nSPS) is 30.6. The minimum absolute atomic E-state index is 0.308. The maximum Gasteiger partial charge on any atom is 0.184 e. The number of ether oxygens (including phenoxy) is 4. The summed E-state index contributed by atoms with van der Waals surface area (Å²) in [5, 5.41) is 20.0. The van der Waals surface area contributed by atoms with Crippen LogP contribution < -0.4 is 0 Å². The van der Waals surface area contributed by atoms with Gasteiger partial charge >= 0.3 is 0 Å². The quantitative estimate of drug-likeness (QED) is 0.822. The summed E-state index contributed by atoms with van der Waals surface area (Å²) in [6.07, 6.45) is -4.02. The first kappa shape index (κ1) is 20.5. The third-order valence-corrected chi connectivity index (χ3v) is 5.68. The fourth-order valence-corrected chi connectivity index (χ4v) is 3.74. The van der Waals surface area contributed by atoms with Crippen LogP contribution in [0.3, 0.4) is 0 Å². The Morgan fingerprint density at radius 2 is 1.62 bits per heavy atom. The van der Waals surface area contributed by atoms with Crippen molar-refractivity contribution in [2.24, 2.45) is 0 Å². The Balaban J connectivity index is 1.56. The van der Waals surface area contributed by atoms with Gasteiger partial charge in [0, 0.05) is 11.1 Å². The van der Waals surface area contributed by atoms with E-state index in [2.05, 4.69) is 6.92 Å². The topological polar surface area (TPSA) is 77.4 Å². The maximum absolute atomic E-state index is 10.4. The van der Waals surface area contributed by atoms with Gasteiger partial charge in [0.05, 0.1) is 13.2 Å². The van der Waals surface area contributed by atoms with Crippen molar-refractivity contribution in [1.82, 2.24) is 0 Å². The van der Waals surface area contributed by atoms with E-state index in [1.54, 1.807) is 0 Å². The van der Waals surface area contributed by atoms with Gasteiger partial charge < -0.3 is 29.2 Å². The molecule has 2 aliphatic heterocycles. The number of aliphatic hydroxyl groups excluding tert-OH is 2. The number of benzene rings is 2. The highest BCUT2D eigenvalue weighted by molar-refractivity contribution is 5.31. The zero-order chi connectivity index (χ0) is 20.5. The number of aryl methyl sites for hydroxylation is 3. The predicted octanol–water partition coefficient (Wildman–Crippen LogP) is 2.86. The molecular weight excluding hydrogens is 372 g/mol. The van der Waals surface area contributed by atoms with Crippen molar-refractivity contribution in [1.29, 1.82) is 0 Å². The van der Waals surface area contributed by atoms with Crippen LogP contribution in [0.15, 0.2) is 42.5 Å². The second-order valence-electron chi connectivity index (χ2n) is 7.88. The van der Waals surface area contributed by atoms with E-state index in [9.17, 15) is 10.2 Å². The van der Waals surface area contributed by atoms with Gasteiger partial charge in [0.2, 0.25) is 0 Å². The van der Waals surface area contributed by atoms with Crippen molar-refractivity contribution < 1.29 is 29.2 Å². The molecule has 6 atom stereocenters. The third-order valence-electron chi connectivity index (χ3n) is 5.68. The fraction of sp³-hybridized carbons (Fsp3) is 0.478. The molecule has 6 nitrogen and oxygen atoms in total. The van der Waals surface area contributed by atoms with Crippen molar-refractivity contribution in [2.45, 2.75) is 57.8 Å². The Kier molecular flexibility index (Phi) is 6.01. The average Bonchev–Trinajstić information content (AvgIpc) is 2.74. The Bertz CT molecular complexity index is 836. The largest absolute Gasteiger partial charge is 0.394 e. The molecule has 4 rings (SSSR count). The summed E-state index contributed by atoms with van der Waals surface area (Å²) < 4.78 is 24.3. The Morgan fingerprint density at radius 3 is 2.31 bits per heavy atom. The van der Waals surface area contributed by atoms with Gasteiger partial charge in [-0.15, -0.1) is 0 Å². The van der Waals surface area contributed by atoms with E-state index in [-0.39, 0.29) is 0 Å². The molecule has 0 saturated carbocycles. The van der Waals surface area contributed by atoms with E-state index in [1.807, 2.05) is 56.3 Å². The monoisotopic (exact) mass is 400 g/mol. The molecule has 0 aliphatic carbocycles. The number of hydrogen-bond donors (Lipinski definition) is 2. The summed E-state index contributed by atoms with van der Waals surface area (Å²) in [5.41, 5.74) is 5.24. The minimum atomic E-state index is -1.09. The molecule has 0 bridgehead atoms. The first-order valence-electron chi connectivity index (χ1n) is 9.97. The number of fused-ring (bicyclic) bond motifs is 1. The lowest BCUT2D eigenvalue weighted by atomic mass is 9.99. The van der Waals surface area contributed by atoms with Crippen LogP contribution in [0.25, 0.3) is 0 Å². The molecule has 29 heavy (non-hydrogen) atoms. The van der Waals surface area contributed by atoms with Crippen molar-refractivity contribution in [3.8, 4) is 0 Å². The third kappa shape index (κ3) is 4.23. The smallest absolute Gasteiger partial charge is 0.184 e. The molecule has 0 aromatic heterocycles. The van der Waals surface area contributed by atoms with Crippen LogP contribution in [-0.2, 0) is 18.9 Å². The molecule has 2 fully saturated rings. The second kappa shape index (κ2) is 8.52. The van der Waals surface area contributed by atoms with Gasteiger partial charge in [-0.3, -0.25) is 0 Å². The van der Waals surface area contributed by atoms with Gasteiger partial charge in [-0.25, -0.2) is 0 Å². The molecule has 2 heterocycles. The molecular formula is C23H28O6. The van der Waals surface area contributed by atoms with Crippen LogP contribution in [0.4, 0.5) is 0 Å². The molecule has 2 aromatic rings. The van der Waals surface area contributed by atoms with Crippen LogP contribution in [0.1, 0.15) is 40.4 Å². The van der Waals surface area contributed by atoms with E-state index >= 15 is 0 Å². The van der Waals surface area contributed by atoms with Crippen molar-refractivity contribution in [3.63, 3.8) is 0 Å². The van der Waals surface area contributed by atoms with Gasteiger partial charge in [-0.05, 0) is 31.9 Å². The lowest BCUT2D eigenvalue weighted by molar-refractivity contribution is -0.373. The van der Waals surface area contributed by atoms with Gasteiger partial charge in [0.1, 0.15) is 24.4 Å². The molecule has 156 valence electrons. The molecule has 0 radical (unpaired) electrons. The van der Waals surface area contributed by atoms with Gasteiger partial charge in [-0.2, -0.15) is 0 Å². The molecule has 2 saturated heterocycles. The van der Waals surface area contributed by atoms with Crippen LogP contribution >= 0.6 is 0 Å². The van der Waals surface area contributed by atoms with Crippen molar-refractivity contribution in [2.75, 3.05) is 13.2 Å². The molecule has 0 spiro atoms. The van der Waals surface area contributed by atoms with E-state index in [0.29, 0.717) is 6.61 Å². The van der Waals surface area contributed by atoms with Gasteiger partial charge in [0.15, 0.2) is 12.6 Å². The van der Waals surface area contributed by atoms with Gasteiger partial charge in [0.25, 0.3) is 0 Å². The highest BCUT2D eigenvalue weighted by Gasteiger charge is 2.48. The summed E-state index contributed by atoms with van der Waals surface area (Å²) in [6.45, 7) is 5.99. The summed E-state index contributed by atoms with van der Waals surface area (Å²) in [6, 6.07) is 13.9. The first-order valence-corrected chi connectivity index (χ1v) is 9.97. The number of aliphatic hydroxyl groups is 2. The molecule has 6 unspecified atom stereocenters. The fourth-order valence-electron chi connectivity index (χ4n) is 3.74. The molecule has 6 heteroatoms. The van der Waals surface area contributed by atoms with Crippen LogP contribution in [0.5, 0.6) is 0 Å². The number of rotatable bonds is 4. The molecule has 2 aliphatic rings. The lowest BCUT2D eigenvalue weighted by Gasteiger charge is -2.47. The maximum atomic E-state index is 10.4. The average molecular weight is 400 g/mol. The SMILES string of the molecule is Cc1ccc(C2OC3COC(c4ccc(C)c(C)c4)OC3C(C(O)CO)O2)cc1. The highest BCUT2D eigenvalue weighted by atomic mass is 16.8. The van der Waals surface area contributed by atoms with Crippen LogP contribution in [-0.4, -0.2) is 47.8 Å². The van der Waals surface area contributed by atoms with E-state index in [4.69, 9.17) is 18.9 Å². The predicted molar refractivity (Wildman–Crippen MR) is 106 cm³/mol. The summed E-state index contributed by atoms with van der Waals surface area (Å²) >= 11 is 0. The van der Waals surface area contributed by atoms with Crippen molar-refractivity contribution >= 4 is 0 Å². The van der Waals surface area contributed by atoms with E-state index < -0.39 is 43.6 Å². The lowest BCUT2D eigenvalue weighted by Crippen LogP contribution is -2.58. The minimum Gasteiger partial charge on any atom is -0.394 e. The Hall–Kier alpha value is -1.80.